The first-order valence-corrected chi connectivity index (χ1v) is 11.6. The molecule has 0 saturated heterocycles. The van der Waals surface area contributed by atoms with Gasteiger partial charge in [0, 0.05) is 24.5 Å². The van der Waals surface area contributed by atoms with Gasteiger partial charge in [0.05, 0.1) is 11.4 Å². The van der Waals surface area contributed by atoms with Gasteiger partial charge in [-0.25, -0.2) is 27.6 Å². The van der Waals surface area contributed by atoms with Crippen molar-refractivity contribution in [3.63, 3.8) is 0 Å². The van der Waals surface area contributed by atoms with Crippen LogP contribution in [0, 0.1) is 5.82 Å². The quantitative estimate of drug-likeness (QED) is 0.569. The van der Waals surface area contributed by atoms with E-state index in [0.717, 1.165) is 31.1 Å². The van der Waals surface area contributed by atoms with Crippen LogP contribution in [0.15, 0.2) is 59.5 Å². The van der Waals surface area contributed by atoms with Crippen LogP contribution in [0.25, 0.3) is 5.69 Å². The normalized spacial score (nSPS) is 14.8. The Balaban J connectivity index is 1.73. The molecule has 4 rings (SSSR count). The number of hydrogen-bond acceptors (Lipinski definition) is 5. The molecule has 1 aromatic heterocycles. The maximum absolute atomic E-state index is 14.9. The van der Waals surface area contributed by atoms with Gasteiger partial charge in [-0.3, -0.25) is 4.90 Å². The number of nitrogens with zero attached hydrogens (tertiary/aromatic N) is 4. The van der Waals surface area contributed by atoms with Crippen molar-refractivity contribution in [3.05, 3.63) is 82.7 Å². The number of hydrogen-bond donors (Lipinski definition) is 1. The summed E-state index contributed by atoms with van der Waals surface area (Å²) in [5, 5.41) is 10.2. The lowest BCUT2D eigenvalue weighted by atomic mass is 10.1. The minimum atomic E-state index is -4.01. The molecule has 0 atom stereocenters. The van der Waals surface area contributed by atoms with Gasteiger partial charge in [-0.15, -0.1) is 5.10 Å². The molecule has 10 heteroatoms. The predicted molar refractivity (Wildman–Crippen MR) is 116 cm³/mol. The molecule has 2 N–H and O–H groups in total. The number of benzene rings is 2. The number of primary sulfonamides is 1. The second-order valence-corrected chi connectivity index (χ2v) is 9.31. The Hall–Kier alpha value is -2.59. The Bertz CT molecular complexity index is 1240. The van der Waals surface area contributed by atoms with Crippen molar-refractivity contribution in [3.8, 4) is 5.69 Å². The van der Waals surface area contributed by atoms with Crippen molar-refractivity contribution < 1.29 is 12.8 Å². The second-order valence-electron chi connectivity index (χ2n) is 7.32. The zero-order chi connectivity index (χ0) is 22.0. The number of rotatable bonds is 6. The lowest BCUT2D eigenvalue weighted by Crippen LogP contribution is -2.27. The SMILES string of the molecule is NS(=O)(=O)c1ccc(-n2nc(CN3CC=CCC3)nc2Cc2cccc(Cl)c2)c(F)c1. The zero-order valence-corrected chi connectivity index (χ0v) is 18.2. The fourth-order valence-electron chi connectivity index (χ4n) is 3.47. The molecule has 0 fully saturated rings. The van der Waals surface area contributed by atoms with Gasteiger partial charge in [-0.2, -0.15) is 0 Å². The van der Waals surface area contributed by atoms with Crippen LogP contribution in [-0.2, 0) is 23.0 Å². The van der Waals surface area contributed by atoms with Crippen LogP contribution < -0.4 is 5.14 Å². The van der Waals surface area contributed by atoms with Crippen molar-refractivity contribution in [1.29, 1.82) is 0 Å². The van der Waals surface area contributed by atoms with Crippen LogP contribution in [-0.4, -0.2) is 41.2 Å². The summed E-state index contributed by atoms with van der Waals surface area (Å²) in [6.45, 7) is 2.22. The van der Waals surface area contributed by atoms with E-state index in [1.54, 1.807) is 6.07 Å². The molecular weight excluding hydrogens is 441 g/mol. The van der Waals surface area contributed by atoms with Crippen LogP contribution in [0.1, 0.15) is 23.6 Å². The van der Waals surface area contributed by atoms with Gasteiger partial charge in [0.1, 0.15) is 17.3 Å². The first kappa shape index (κ1) is 21.6. The zero-order valence-electron chi connectivity index (χ0n) is 16.6. The Morgan fingerprint density at radius 2 is 2.00 bits per heavy atom. The highest BCUT2D eigenvalue weighted by molar-refractivity contribution is 7.89. The second kappa shape index (κ2) is 8.88. The Morgan fingerprint density at radius 3 is 2.68 bits per heavy atom. The third-order valence-corrected chi connectivity index (χ3v) is 6.10. The summed E-state index contributed by atoms with van der Waals surface area (Å²) in [6.07, 6.45) is 5.57. The molecule has 3 aromatic rings. The van der Waals surface area contributed by atoms with Crippen LogP contribution in [0.5, 0.6) is 0 Å². The van der Waals surface area contributed by atoms with Gasteiger partial charge in [-0.1, -0.05) is 35.9 Å². The molecule has 1 aliphatic heterocycles. The van der Waals surface area contributed by atoms with Crippen molar-refractivity contribution in [2.24, 2.45) is 5.14 Å². The van der Waals surface area contributed by atoms with E-state index in [9.17, 15) is 12.8 Å². The van der Waals surface area contributed by atoms with Crippen molar-refractivity contribution in [1.82, 2.24) is 19.7 Å². The molecule has 0 aliphatic carbocycles. The number of sulfonamides is 1. The van der Waals surface area contributed by atoms with E-state index in [-0.39, 0.29) is 10.6 Å². The lowest BCUT2D eigenvalue weighted by Gasteiger charge is -2.20. The van der Waals surface area contributed by atoms with Crippen LogP contribution in [0.4, 0.5) is 4.39 Å². The fraction of sp³-hybridized carbons (Fsp3) is 0.238. The van der Waals surface area contributed by atoms with Gasteiger partial charge in [0.2, 0.25) is 10.0 Å². The van der Waals surface area contributed by atoms with E-state index in [1.165, 1.54) is 16.8 Å². The van der Waals surface area contributed by atoms with E-state index in [2.05, 4.69) is 27.1 Å². The van der Waals surface area contributed by atoms with Gasteiger partial charge in [0.15, 0.2) is 5.82 Å². The minimum absolute atomic E-state index is 0.0988. The van der Waals surface area contributed by atoms with Gasteiger partial charge in [0.25, 0.3) is 0 Å². The molecule has 1 aliphatic rings. The predicted octanol–water partition coefficient (Wildman–Crippen LogP) is 3.06. The smallest absolute Gasteiger partial charge is 0.238 e. The van der Waals surface area contributed by atoms with Crippen LogP contribution >= 0.6 is 11.6 Å². The summed E-state index contributed by atoms with van der Waals surface area (Å²) in [5.74, 6) is 0.325. The monoisotopic (exact) mass is 461 g/mol. The molecule has 0 saturated carbocycles. The Kier molecular flexibility index (Phi) is 6.19. The highest BCUT2D eigenvalue weighted by Gasteiger charge is 2.19. The molecule has 7 nitrogen and oxygen atoms in total. The molecule has 31 heavy (non-hydrogen) atoms. The molecule has 0 amide bonds. The van der Waals surface area contributed by atoms with Gasteiger partial charge >= 0.3 is 0 Å². The highest BCUT2D eigenvalue weighted by atomic mass is 35.5. The van der Waals surface area contributed by atoms with Crippen LogP contribution in [0.3, 0.4) is 0 Å². The summed E-state index contributed by atoms with van der Waals surface area (Å²) in [4.78, 5) is 6.55. The van der Waals surface area contributed by atoms with Crippen LogP contribution in [0.2, 0.25) is 5.02 Å². The number of nitrogens with two attached hydrogens (primary N) is 1. The summed E-state index contributed by atoms with van der Waals surface area (Å²) in [6, 6.07) is 10.8. The average Bonchev–Trinajstić information content (AvgIpc) is 3.09. The minimum Gasteiger partial charge on any atom is -0.292 e. The molecule has 0 radical (unpaired) electrons. The molecular formula is C21H21ClFN5O2S. The van der Waals surface area contributed by atoms with Crippen molar-refractivity contribution >= 4 is 21.6 Å². The summed E-state index contributed by atoms with van der Waals surface area (Å²) >= 11 is 6.10. The standard InChI is InChI=1S/C21H21ClFN5O2S/c22-16-6-4-5-15(11-16)12-21-25-20(14-27-9-2-1-3-10-27)26-28(21)19-8-7-17(13-18(19)23)31(24,29)30/h1-2,4-8,11,13H,3,9-10,12,14H2,(H2,24,29,30). The first-order chi connectivity index (χ1) is 14.8. The van der Waals surface area contributed by atoms with E-state index in [0.29, 0.717) is 29.6 Å². The summed E-state index contributed by atoms with van der Waals surface area (Å²) in [5.41, 5.74) is 0.997. The molecule has 0 unspecified atom stereocenters. The van der Waals surface area contributed by atoms with E-state index in [4.69, 9.17) is 16.7 Å². The maximum atomic E-state index is 14.9. The summed E-state index contributed by atoms with van der Waals surface area (Å²) < 4.78 is 39.4. The molecule has 2 heterocycles. The summed E-state index contributed by atoms with van der Waals surface area (Å²) in [7, 11) is -4.01. The number of aromatic nitrogens is 3. The molecule has 2 aromatic carbocycles. The lowest BCUT2D eigenvalue weighted by molar-refractivity contribution is 0.283. The van der Waals surface area contributed by atoms with E-state index in [1.807, 2.05) is 18.2 Å². The van der Waals surface area contributed by atoms with Gasteiger partial charge < -0.3 is 0 Å². The average molecular weight is 462 g/mol. The molecule has 0 bridgehead atoms. The third-order valence-electron chi connectivity index (χ3n) is 4.95. The Labute approximate surface area is 185 Å². The van der Waals surface area contributed by atoms with Gasteiger partial charge in [-0.05, 0) is 42.3 Å². The van der Waals surface area contributed by atoms with Crippen molar-refractivity contribution in [2.75, 3.05) is 13.1 Å². The fourth-order valence-corrected chi connectivity index (χ4v) is 4.20. The molecule has 162 valence electrons. The van der Waals surface area contributed by atoms with Crippen molar-refractivity contribution in [2.45, 2.75) is 24.3 Å². The topological polar surface area (TPSA) is 94.1 Å². The first-order valence-electron chi connectivity index (χ1n) is 9.69. The van der Waals surface area contributed by atoms with E-state index < -0.39 is 15.8 Å². The van der Waals surface area contributed by atoms with E-state index >= 15 is 0 Å². The molecule has 0 spiro atoms. The highest BCUT2D eigenvalue weighted by Crippen LogP contribution is 2.21. The largest absolute Gasteiger partial charge is 0.292 e. The Morgan fingerprint density at radius 1 is 1.16 bits per heavy atom. The maximum Gasteiger partial charge on any atom is 0.238 e. The third kappa shape index (κ3) is 5.19. The number of halogens is 2.